The third-order valence-corrected chi connectivity index (χ3v) is 5.22. The molecule has 2 atom stereocenters. The summed E-state index contributed by atoms with van der Waals surface area (Å²) in [5, 5.41) is 23.7. The predicted molar refractivity (Wildman–Crippen MR) is 108 cm³/mol. The molecular formula is C19H23N9O. The molecule has 2 N–H and O–H groups in total. The number of fused-ring (bicyclic) bond motifs is 1. The molecular weight excluding hydrogens is 370 g/mol. The summed E-state index contributed by atoms with van der Waals surface area (Å²) in [7, 11) is 1.69. The second-order valence-electron chi connectivity index (χ2n) is 7.26. The van der Waals surface area contributed by atoms with Crippen LogP contribution in [0.25, 0.3) is 5.65 Å². The summed E-state index contributed by atoms with van der Waals surface area (Å²) >= 11 is 0. The van der Waals surface area contributed by atoms with Crippen LogP contribution in [0.2, 0.25) is 0 Å². The largest absolute Gasteiger partial charge is 0.351 e. The fourth-order valence-electron chi connectivity index (χ4n) is 3.55. The molecule has 0 saturated carbocycles. The van der Waals surface area contributed by atoms with Gasteiger partial charge in [-0.25, -0.2) is 9.50 Å². The van der Waals surface area contributed by atoms with Gasteiger partial charge < -0.3 is 15.5 Å². The Balaban J connectivity index is 1.65. The summed E-state index contributed by atoms with van der Waals surface area (Å²) in [6, 6.07) is 4.60. The molecule has 1 amide bonds. The van der Waals surface area contributed by atoms with Crippen LogP contribution in [0.1, 0.15) is 36.3 Å². The molecule has 150 valence electrons. The van der Waals surface area contributed by atoms with Crippen molar-refractivity contribution in [3.8, 4) is 6.07 Å². The molecule has 1 saturated heterocycles. The monoisotopic (exact) mass is 393 g/mol. The lowest BCUT2D eigenvalue weighted by Gasteiger charge is -2.39. The van der Waals surface area contributed by atoms with Gasteiger partial charge in [0.1, 0.15) is 17.5 Å². The Bertz CT molecular complexity index is 1090. The van der Waals surface area contributed by atoms with Gasteiger partial charge in [0.25, 0.3) is 5.91 Å². The zero-order valence-electron chi connectivity index (χ0n) is 16.6. The van der Waals surface area contributed by atoms with Gasteiger partial charge in [0.05, 0.1) is 11.9 Å². The molecule has 0 radical (unpaired) electrons. The molecule has 0 spiro atoms. The molecule has 4 rings (SSSR count). The van der Waals surface area contributed by atoms with Crippen molar-refractivity contribution in [2.75, 3.05) is 23.3 Å². The van der Waals surface area contributed by atoms with Gasteiger partial charge in [-0.2, -0.15) is 15.5 Å². The Labute approximate surface area is 168 Å². The first-order chi connectivity index (χ1) is 14.0. The van der Waals surface area contributed by atoms with E-state index in [9.17, 15) is 10.1 Å². The van der Waals surface area contributed by atoms with E-state index in [0.29, 0.717) is 29.0 Å². The number of carbonyl (C=O) groups excluding carboxylic acids is 1. The van der Waals surface area contributed by atoms with Crippen LogP contribution in [0.3, 0.4) is 0 Å². The van der Waals surface area contributed by atoms with E-state index in [1.807, 2.05) is 18.3 Å². The smallest absolute Gasteiger partial charge is 0.261 e. The van der Waals surface area contributed by atoms with E-state index < -0.39 is 0 Å². The fraction of sp³-hybridized carbons (Fsp3) is 0.421. The molecule has 1 aliphatic heterocycles. The molecule has 3 aromatic rings. The zero-order chi connectivity index (χ0) is 20.5. The summed E-state index contributed by atoms with van der Waals surface area (Å²) < 4.78 is 3.06. The minimum absolute atomic E-state index is 0.159. The highest BCUT2D eigenvalue weighted by molar-refractivity contribution is 6.08. The topological polar surface area (TPSA) is 116 Å². The van der Waals surface area contributed by atoms with Gasteiger partial charge in [-0.15, -0.1) is 0 Å². The van der Waals surface area contributed by atoms with Crippen molar-refractivity contribution in [1.82, 2.24) is 29.7 Å². The number of piperazine rings is 1. The average Bonchev–Trinajstić information content (AvgIpc) is 3.30. The van der Waals surface area contributed by atoms with Crippen molar-refractivity contribution in [2.24, 2.45) is 7.05 Å². The lowest BCUT2D eigenvalue weighted by atomic mass is 10.1. The van der Waals surface area contributed by atoms with Crippen LogP contribution in [-0.2, 0) is 7.05 Å². The van der Waals surface area contributed by atoms with Crippen molar-refractivity contribution >= 4 is 23.1 Å². The van der Waals surface area contributed by atoms with Crippen LogP contribution in [0.15, 0.2) is 24.7 Å². The van der Waals surface area contributed by atoms with Gasteiger partial charge in [-0.3, -0.25) is 9.48 Å². The lowest BCUT2D eigenvalue weighted by Crippen LogP contribution is -2.55. The van der Waals surface area contributed by atoms with Crippen LogP contribution in [-0.4, -0.2) is 55.5 Å². The molecule has 0 bridgehead atoms. The summed E-state index contributed by atoms with van der Waals surface area (Å²) in [6.45, 7) is 6.06. The van der Waals surface area contributed by atoms with E-state index in [-0.39, 0.29) is 11.6 Å². The highest BCUT2D eigenvalue weighted by Gasteiger charge is 2.26. The molecule has 0 aromatic carbocycles. The van der Waals surface area contributed by atoms with Crippen LogP contribution in [0, 0.1) is 11.3 Å². The van der Waals surface area contributed by atoms with Crippen LogP contribution < -0.4 is 15.5 Å². The third kappa shape index (κ3) is 3.52. The van der Waals surface area contributed by atoms with Gasteiger partial charge in [0.2, 0.25) is 0 Å². The van der Waals surface area contributed by atoms with Crippen molar-refractivity contribution in [1.29, 1.82) is 5.26 Å². The summed E-state index contributed by atoms with van der Waals surface area (Å²) in [5.41, 5.74) is 1.33. The van der Waals surface area contributed by atoms with Gasteiger partial charge in [0, 0.05) is 44.6 Å². The number of hydrogen-bond donors (Lipinski definition) is 2. The number of rotatable bonds is 4. The Hall–Kier alpha value is -3.45. The van der Waals surface area contributed by atoms with Crippen LogP contribution >= 0.6 is 0 Å². The molecule has 1 aliphatic rings. The maximum absolute atomic E-state index is 12.8. The third-order valence-electron chi connectivity index (χ3n) is 5.22. The van der Waals surface area contributed by atoms with E-state index in [0.717, 1.165) is 25.3 Å². The normalized spacial score (nSPS) is 19.3. The second-order valence-corrected chi connectivity index (χ2v) is 7.26. The minimum atomic E-state index is -0.381. The molecule has 29 heavy (non-hydrogen) atoms. The first-order valence-electron chi connectivity index (χ1n) is 9.59. The highest BCUT2D eigenvalue weighted by atomic mass is 16.1. The number of aromatic nitrogens is 5. The number of hydrogen-bond acceptors (Lipinski definition) is 7. The molecule has 0 unspecified atom stereocenters. The number of aryl methyl sites for hydroxylation is 1. The van der Waals surface area contributed by atoms with E-state index >= 15 is 0 Å². The first kappa shape index (κ1) is 18.9. The summed E-state index contributed by atoms with van der Waals surface area (Å²) in [4.78, 5) is 19.8. The van der Waals surface area contributed by atoms with Crippen molar-refractivity contribution in [3.05, 3.63) is 35.9 Å². The molecule has 10 nitrogen and oxygen atoms in total. The van der Waals surface area contributed by atoms with E-state index in [1.165, 1.54) is 10.9 Å². The van der Waals surface area contributed by atoms with Crippen LogP contribution in [0.4, 0.5) is 11.5 Å². The van der Waals surface area contributed by atoms with Crippen molar-refractivity contribution < 1.29 is 4.79 Å². The van der Waals surface area contributed by atoms with Gasteiger partial charge >= 0.3 is 0 Å². The second kappa shape index (κ2) is 7.52. The molecule has 1 fully saturated rings. The zero-order valence-corrected chi connectivity index (χ0v) is 16.6. The molecule has 0 aliphatic carbocycles. The SMILES string of the molecule is CC[C@@H]1CN(c2ccn3ncc(C(=O)Nc4cn(C)nc4C#N)c3n2)[C@H](C)CN1. The molecule has 10 heteroatoms. The molecule has 4 heterocycles. The summed E-state index contributed by atoms with van der Waals surface area (Å²) in [5.74, 6) is 0.438. The number of anilines is 2. The minimum Gasteiger partial charge on any atom is -0.351 e. The van der Waals surface area contributed by atoms with E-state index in [1.54, 1.807) is 17.8 Å². The van der Waals surface area contributed by atoms with Crippen molar-refractivity contribution in [3.63, 3.8) is 0 Å². The van der Waals surface area contributed by atoms with Crippen molar-refractivity contribution in [2.45, 2.75) is 32.4 Å². The highest BCUT2D eigenvalue weighted by Crippen LogP contribution is 2.21. The Morgan fingerprint density at radius 3 is 3.07 bits per heavy atom. The number of nitriles is 1. The van der Waals surface area contributed by atoms with E-state index in [2.05, 4.69) is 39.6 Å². The Kier molecular flexibility index (Phi) is 4.90. The standard InChI is InChI=1S/C19H23N9O/c1-4-13-10-27(12(2)8-21-13)17-5-6-28-18(24-17)14(9-22-28)19(29)23-16-11-26(3)25-15(16)7-20/h5-6,9,11-13,21H,4,8,10H2,1-3H3,(H,23,29)/t12-,13-/m1/s1. The summed E-state index contributed by atoms with van der Waals surface area (Å²) in [6.07, 6.45) is 5.93. The number of nitrogens with zero attached hydrogens (tertiary/aromatic N) is 7. The maximum Gasteiger partial charge on any atom is 0.261 e. The Morgan fingerprint density at radius 1 is 1.48 bits per heavy atom. The van der Waals surface area contributed by atoms with Crippen LogP contribution in [0.5, 0.6) is 0 Å². The fourth-order valence-corrected chi connectivity index (χ4v) is 3.55. The maximum atomic E-state index is 12.8. The number of nitrogens with one attached hydrogen (secondary N) is 2. The average molecular weight is 393 g/mol. The van der Waals surface area contributed by atoms with Gasteiger partial charge in [-0.1, -0.05) is 6.92 Å². The first-order valence-corrected chi connectivity index (χ1v) is 9.59. The van der Waals surface area contributed by atoms with E-state index in [4.69, 9.17) is 4.98 Å². The molecule has 3 aromatic heterocycles. The van der Waals surface area contributed by atoms with Gasteiger partial charge in [0.15, 0.2) is 11.3 Å². The van der Waals surface area contributed by atoms with Gasteiger partial charge in [-0.05, 0) is 19.4 Å². The predicted octanol–water partition coefficient (Wildman–Crippen LogP) is 1.16. The number of carbonyl (C=O) groups is 1. The quantitative estimate of drug-likeness (QED) is 0.683. The number of amides is 1. The Morgan fingerprint density at radius 2 is 2.31 bits per heavy atom. The lowest BCUT2D eigenvalue weighted by molar-refractivity contribution is 0.102.